The van der Waals surface area contributed by atoms with Gasteiger partial charge in [-0.1, -0.05) is 64.8 Å². The summed E-state index contributed by atoms with van der Waals surface area (Å²) in [5.41, 5.74) is 2.51. The molecule has 2 atom stereocenters. The normalized spacial score (nSPS) is 13.8. The van der Waals surface area contributed by atoms with E-state index in [0.29, 0.717) is 38.3 Å². The van der Waals surface area contributed by atoms with Crippen LogP contribution >= 0.6 is 0 Å². The Balaban J connectivity index is 2.30. The topological polar surface area (TPSA) is 36.9 Å². The van der Waals surface area contributed by atoms with Gasteiger partial charge in [0.2, 0.25) is 0 Å². The highest BCUT2D eigenvalue weighted by molar-refractivity contribution is 5.27. The van der Waals surface area contributed by atoms with Crippen molar-refractivity contribution in [2.45, 2.75) is 65.2 Å². The molecule has 0 heterocycles. The lowest BCUT2D eigenvalue weighted by atomic mass is 9.96. The predicted molar refractivity (Wildman–Crippen MR) is 96.9 cm³/mol. The van der Waals surface area contributed by atoms with E-state index in [1.54, 1.807) is 0 Å². The summed E-state index contributed by atoms with van der Waals surface area (Å²) in [6.45, 7) is 11.0. The highest BCUT2D eigenvalue weighted by atomic mass is 17.2. The van der Waals surface area contributed by atoms with Crippen molar-refractivity contribution < 1.29 is 19.6 Å². The minimum atomic E-state index is 0.310. The van der Waals surface area contributed by atoms with Gasteiger partial charge in [0.15, 0.2) is 0 Å². The molecule has 138 valence electrons. The molecule has 4 nitrogen and oxygen atoms in total. The fraction of sp³-hybridized carbons (Fsp3) is 0.700. The smallest absolute Gasteiger partial charge is 0.0888 e. The molecule has 0 saturated heterocycles. The molecule has 0 saturated carbocycles. The Kier molecular flexibility index (Phi) is 11.7. The largest absolute Gasteiger partial charge is 0.237 e. The lowest BCUT2D eigenvalue weighted by molar-refractivity contribution is -0.297. The average molecular weight is 338 g/mol. The maximum absolute atomic E-state index is 5.28. The van der Waals surface area contributed by atoms with Crippen LogP contribution in [0.4, 0.5) is 0 Å². The minimum Gasteiger partial charge on any atom is -0.237 e. The molecule has 1 aromatic rings. The lowest BCUT2D eigenvalue weighted by Gasteiger charge is -2.15. The molecule has 2 unspecified atom stereocenters. The molecule has 0 aliphatic rings. The number of hydrogen-bond donors (Lipinski definition) is 0. The van der Waals surface area contributed by atoms with Crippen molar-refractivity contribution in [2.75, 3.05) is 26.4 Å². The van der Waals surface area contributed by atoms with E-state index in [-0.39, 0.29) is 0 Å². The molecule has 0 fully saturated rings. The molecule has 0 aromatic heterocycles. The Morgan fingerprint density at radius 1 is 0.667 bits per heavy atom. The Morgan fingerprint density at radius 3 is 1.38 bits per heavy atom. The average Bonchev–Trinajstić information content (AvgIpc) is 2.61. The summed E-state index contributed by atoms with van der Waals surface area (Å²) in [6.07, 6.45) is 4.30. The van der Waals surface area contributed by atoms with Gasteiger partial charge < -0.3 is 0 Å². The predicted octanol–water partition coefficient (Wildman–Crippen LogP) is 5.39. The van der Waals surface area contributed by atoms with Crippen LogP contribution in [0.25, 0.3) is 0 Å². The molecule has 1 aromatic carbocycles. The van der Waals surface area contributed by atoms with Crippen molar-refractivity contribution in [3.63, 3.8) is 0 Å². The monoisotopic (exact) mass is 338 g/mol. The van der Waals surface area contributed by atoms with E-state index in [1.165, 1.54) is 11.1 Å². The van der Waals surface area contributed by atoms with E-state index >= 15 is 0 Å². The molecule has 24 heavy (non-hydrogen) atoms. The zero-order chi connectivity index (χ0) is 17.6. The van der Waals surface area contributed by atoms with Gasteiger partial charge in [-0.05, 0) is 24.0 Å². The van der Waals surface area contributed by atoms with Gasteiger partial charge in [0.05, 0.1) is 26.4 Å². The molecule has 0 N–H and O–H groups in total. The summed E-state index contributed by atoms with van der Waals surface area (Å²) >= 11 is 0. The van der Waals surface area contributed by atoms with Crippen LogP contribution in [-0.4, -0.2) is 26.4 Å². The minimum absolute atomic E-state index is 0.310. The van der Waals surface area contributed by atoms with Gasteiger partial charge >= 0.3 is 0 Å². The van der Waals surface area contributed by atoms with E-state index in [4.69, 9.17) is 19.6 Å². The first-order valence-electron chi connectivity index (χ1n) is 9.27. The Labute approximate surface area is 147 Å². The van der Waals surface area contributed by atoms with Crippen LogP contribution in [0.2, 0.25) is 0 Å². The van der Waals surface area contributed by atoms with Crippen molar-refractivity contribution in [3.8, 4) is 0 Å². The SMILES string of the molecule is CCCCOOCC(C)c1ccc(C(C)COOCCCC)cc1. The molecular formula is C20H34O4. The second-order valence-corrected chi connectivity index (χ2v) is 6.39. The maximum Gasteiger partial charge on any atom is 0.0888 e. The van der Waals surface area contributed by atoms with Gasteiger partial charge in [0, 0.05) is 11.8 Å². The van der Waals surface area contributed by atoms with Crippen molar-refractivity contribution in [1.29, 1.82) is 0 Å². The van der Waals surface area contributed by atoms with Crippen LogP contribution in [0.1, 0.15) is 76.3 Å². The van der Waals surface area contributed by atoms with Crippen LogP contribution < -0.4 is 0 Å². The van der Waals surface area contributed by atoms with Crippen molar-refractivity contribution in [3.05, 3.63) is 35.4 Å². The number of rotatable bonds is 14. The van der Waals surface area contributed by atoms with Crippen LogP contribution in [0.3, 0.4) is 0 Å². The number of hydrogen-bond acceptors (Lipinski definition) is 4. The van der Waals surface area contributed by atoms with E-state index in [2.05, 4.69) is 52.0 Å². The van der Waals surface area contributed by atoms with E-state index in [9.17, 15) is 0 Å². The summed E-state index contributed by atoms with van der Waals surface area (Å²) in [7, 11) is 0. The summed E-state index contributed by atoms with van der Waals surface area (Å²) in [6, 6.07) is 8.63. The summed E-state index contributed by atoms with van der Waals surface area (Å²) < 4.78 is 0. The molecule has 0 amide bonds. The van der Waals surface area contributed by atoms with Gasteiger partial charge in [0.25, 0.3) is 0 Å². The Hall–Kier alpha value is -0.940. The zero-order valence-electron chi connectivity index (χ0n) is 15.8. The van der Waals surface area contributed by atoms with E-state index < -0.39 is 0 Å². The number of benzene rings is 1. The quantitative estimate of drug-likeness (QED) is 0.259. The molecule has 0 radical (unpaired) electrons. The molecule has 4 heteroatoms. The van der Waals surface area contributed by atoms with Gasteiger partial charge in [0.1, 0.15) is 0 Å². The summed E-state index contributed by atoms with van der Waals surface area (Å²) in [5.74, 6) is 0.620. The number of unbranched alkanes of at least 4 members (excludes halogenated alkanes) is 2. The summed E-state index contributed by atoms with van der Waals surface area (Å²) in [5, 5.41) is 0. The molecule has 1 rings (SSSR count). The van der Waals surface area contributed by atoms with Gasteiger partial charge in [-0.15, -0.1) is 0 Å². The lowest BCUT2D eigenvalue weighted by Crippen LogP contribution is -2.08. The molecular weight excluding hydrogens is 304 g/mol. The highest BCUT2D eigenvalue weighted by Crippen LogP contribution is 2.21. The Morgan fingerprint density at radius 2 is 1.04 bits per heavy atom. The third-order valence-corrected chi connectivity index (χ3v) is 4.04. The van der Waals surface area contributed by atoms with Crippen molar-refractivity contribution >= 4 is 0 Å². The van der Waals surface area contributed by atoms with Crippen molar-refractivity contribution in [2.24, 2.45) is 0 Å². The highest BCUT2D eigenvalue weighted by Gasteiger charge is 2.10. The van der Waals surface area contributed by atoms with E-state index in [0.717, 1.165) is 25.7 Å². The van der Waals surface area contributed by atoms with Gasteiger partial charge in [-0.3, -0.25) is 0 Å². The second-order valence-electron chi connectivity index (χ2n) is 6.39. The fourth-order valence-electron chi connectivity index (χ4n) is 2.17. The second kappa shape index (κ2) is 13.4. The van der Waals surface area contributed by atoms with Gasteiger partial charge in [-0.25, -0.2) is 19.6 Å². The van der Waals surface area contributed by atoms with E-state index in [1.807, 2.05) is 0 Å². The third kappa shape index (κ3) is 8.78. The Bertz CT molecular complexity index is 366. The van der Waals surface area contributed by atoms with Crippen LogP contribution in [0, 0.1) is 0 Å². The maximum atomic E-state index is 5.28. The van der Waals surface area contributed by atoms with Gasteiger partial charge in [-0.2, -0.15) is 0 Å². The molecule has 0 bridgehead atoms. The molecule has 0 aliphatic heterocycles. The van der Waals surface area contributed by atoms with Crippen LogP contribution in [0.15, 0.2) is 24.3 Å². The fourth-order valence-corrected chi connectivity index (χ4v) is 2.17. The van der Waals surface area contributed by atoms with Crippen LogP contribution in [0.5, 0.6) is 0 Å². The third-order valence-electron chi connectivity index (χ3n) is 4.04. The molecule has 0 aliphatic carbocycles. The first kappa shape index (κ1) is 21.1. The zero-order valence-corrected chi connectivity index (χ0v) is 15.8. The first-order chi connectivity index (χ1) is 11.7. The standard InChI is InChI=1S/C20H34O4/c1-5-7-13-21-23-15-17(3)19-9-11-20(12-10-19)18(4)16-24-22-14-8-6-2/h9-12,17-18H,5-8,13-16H2,1-4H3. The molecule has 0 spiro atoms. The first-order valence-corrected chi connectivity index (χ1v) is 9.27. The van der Waals surface area contributed by atoms with Crippen molar-refractivity contribution in [1.82, 2.24) is 0 Å². The van der Waals surface area contributed by atoms with Crippen LogP contribution in [-0.2, 0) is 19.6 Å². The summed E-state index contributed by atoms with van der Waals surface area (Å²) in [4.78, 5) is 20.9.